The Morgan fingerprint density at radius 1 is 1.26 bits per heavy atom. The highest BCUT2D eigenvalue weighted by Gasteiger charge is 2.37. The van der Waals surface area contributed by atoms with Gasteiger partial charge >= 0.3 is 5.97 Å². The van der Waals surface area contributed by atoms with Gasteiger partial charge in [0.25, 0.3) is 0 Å². The normalized spacial score (nSPS) is 28.4. The molecule has 19 heavy (non-hydrogen) atoms. The number of nitrogens with one attached hydrogen (secondary N) is 1. The minimum absolute atomic E-state index is 0.125. The molecule has 1 N–H and O–H groups in total. The Bertz CT molecular complexity index is 342. The molecule has 0 spiro atoms. The van der Waals surface area contributed by atoms with E-state index in [1.807, 2.05) is 6.92 Å². The Balaban J connectivity index is 1.85. The van der Waals surface area contributed by atoms with E-state index in [1.54, 1.807) is 4.90 Å². The second-order valence-corrected chi connectivity index (χ2v) is 5.43. The maximum Gasteiger partial charge on any atom is 0.310 e. The zero-order valence-corrected chi connectivity index (χ0v) is 11.7. The lowest BCUT2D eigenvalue weighted by Crippen LogP contribution is -2.48. The van der Waals surface area contributed by atoms with Gasteiger partial charge in [-0.05, 0) is 5.92 Å². The fourth-order valence-corrected chi connectivity index (χ4v) is 2.79. The molecule has 0 aliphatic carbocycles. The quantitative estimate of drug-likeness (QED) is 0.677. The summed E-state index contributed by atoms with van der Waals surface area (Å²) in [6, 6.07) is 0. The zero-order chi connectivity index (χ0) is 13.8. The molecule has 2 fully saturated rings. The Morgan fingerprint density at radius 2 is 1.95 bits per heavy atom. The van der Waals surface area contributed by atoms with Gasteiger partial charge < -0.3 is 15.0 Å². The molecular weight excluding hydrogens is 246 g/mol. The van der Waals surface area contributed by atoms with E-state index in [9.17, 15) is 9.59 Å². The number of amides is 1. The van der Waals surface area contributed by atoms with Crippen LogP contribution in [0.4, 0.5) is 0 Å². The van der Waals surface area contributed by atoms with Crippen LogP contribution in [0.1, 0.15) is 6.92 Å². The number of likely N-dealkylation sites (tertiary alicyclic amines) is 1. The third-order valence-electron chi connectivity index (χ3n) is 4.04. The van der Waals surface area contributed by atoms with Crippen LogP contribution in [0.3, 0.4) is 0 Å². The van der Waals surface area contributed by atoms with Crippen molar-refractivity contribution in [2.75, 3.05) is 52.9 Å². The second kappa shape index (κ2) is 6.34. The minimum Gasteiger partial charge on any atom is -0.469 e. The molecule has 108 valence electrons. The first-order valence-corrected chi connectivity index (χ1v) is 6.90. The van der Waals surface area contributed by atoms with E-state index in [1.165, 1.54) is 7.11 Å². The molecule has 0 aromatic carbocycles. The van der Waals surface area contributed by atoms with Crippen molar-refractivity contribution in [3.8, 4) is 0 Å². The predicted molar refractivity (Wildman–Crippen MR) is 70.6 cm³/mol. The van der Waals surface area contributed by atoms with Crippen molar-refractivity contribution in [3.05, 3.63) is 0 Å². The first-order valence-electron chi connectivity index (χ1n) is 6.90. The first-order chi connectivity index (χ1) is 9.11. The zero-order valence-electron chi connectivity index (χ0n) is 11.7. The maximum absolute atomic E-state index is 12.2. The highest BCUT2D eigenvalue weighted by Crippen LogP contribution is 2.24. The SMILES string of the molecule is COC(=O)C1CN(C(=O)CN2CCNCC2)CC1C. The highest BCUT2D eigenvalue weighted by atomic mass is 16.5. The van der Waals surface area contributed by atoms with E-state index >= 15 is 0 Å². The summed E-state index contributed by atoms with van der Waals surface area (Å²) in [4.78, 5) is 27.8. The number of rotatable bonds is 3. The highest BCUT2D eigenvalue weighted by molar-refractivity contribution is 5.81. The number of ether oxygens (including phenoxy) is 1. The molecule has 0 aromatic heterocycles. The third-order valence-corrected chi connectivity index (χ3v) is 4.04. The number of methoxy groups -OCH3 is 1. The standard InChI is InChI=1S/C13H23N3O3/c1-10-7-16(8-11(10)13(18)19-2)12(17)9-15-5-3-14-4-6-15/h10-11,14H,3-9H2,1-2H3. The van der Waals surface area contributed by atoms with Crippen molar-refractivity contribution < 1.29 is 14.3 Å². The van der Waals surface area contributed by atoms with Crippen molar-refractivity contribution in [2.45, 2.75) is 6.92 Å². The van der Waals surface area contributed by atoms with E-state index < -0.39 is 0 Å². The molecule has 6 heteroatoms. The molecule has 6 nitrogen and oxygen atoms in total. The summed E-state index contributed by atoms with van der Waals surface area (Å²) in [5.74, 6) is -0.0680. The average Bonchev–Trinajstić information content (AvgIpc) is 2.81. The summed E-state index contributed by atoms with van der Waals surface area (Å²) in [6.45, 7) is 7.32. The molecule has 2 atom stereocenters. The van der Waals surface area contributed by atoms with Crippen LogP contribution in [0.5, 0.6) is 0 Å². The van der Waals surface area contributed by atoms with Crippen LogP contribution < -0.4 is 5.32 Å². The smallest absolute Gasteiger partial charge is 0.310 e. The van der Waals surface area contributed by atoms with E-state index in [2.05, 4.69) is 10.2 Å². The number of piperazine rings is 1. The van der Waals surface area contributed by atoms with Crippen LogP contribution in [-0.2, 0) is 14.3 Å². The van der Waals surface area contributed by atoms with Crippen LogP contribution in [-0.4, -0.2) is 74.6 Å². The Hall–Kier alpha value is -1.14. The lowest BCUT2D eigenvalue weighted by Gasteiger charge is -2.28. The van der Waals surface area contributed by atoms with Gasteiger partial charge in [-0.2, -0.15) is 0 Å². The topological polar surface area (TPSA) is 61.9 Å². The van der Waals surface area contributed by atoms with Gasteiger partial charge in [-0.1, -0.05) is 6.92 Å². The molecule has 2 saturated heterocycles. The van der Waals surface area contributed by atoms with Gasteiger partial charge in [-0.25, -0.2) is 0 Å². The van der Waals surface area contributed by atoms with Gasteiger partial charge in [0, 0.05) is 39.3 Å². The van der Waals surface area contributed by atoms with E-state index in [0.29, 0.717) is 19.6 Å². The van der Waals surface area contributed by atoms with Crippen LogP contribution in [0.15, 0.2) is 0 Å². The lowest BCUT2D eigenvalue weighted by atomic mass is 9.99. The Morgan fingerprint density at radius 3 is 2.58 bits per heavy atom. The summed E-state index contributed by atoms with van der Waals surface area (Å²) in [6.07, 6.45) is 0. The molecule has 1 amide bonds. The summed E-state index contributed by atoms with van der Waals surface area (Å²) in [5.41, 5.74) is 0. The second-order valence-electron chi connectivity index (χ2n) is 5.43. The summed E-state index contributed by atoms with van der Waals surface area (Å²) < 4.78 is 4.79. The van der Waals surface area contributed by atoms with Crippen molar-refractivity contribution in [1.29, 1.82) is 0 Å². The number of carbonyl (C=O) groups excluding carboxylic acids is 2. The summed E-state index contributed by atoms with van der Waals surface area (Å²) in [5, 5.41) is 3.27. The average molecular weight is 269 g/mol. The van der Waals surface area contributed by atoms with Crippen LogP contribution in [0.25, 0.3) is 0 Å². The monoisotopic (exact) mass is 269 g/mol. The van der Waals surface area contributed by atoms with Crippen LogP contribution >= 0.6 is 0 Å². The summed E-state index contributed by atoms with van der Waals surface area (Å²) in [7, 11) is 1.40. The van der Waals surface area contributed by atoms with Gasteiger partial charge in [0.15, 0.2) is 0 Å². The largest absolute Gasteiger partial charge is 0.469 e. The van der Waals surface area contributed by atoms with E-state index in [-0.39, 0.29) is 23.7 Å². The molecule has 0 aromatic rings. The van der Waals surface area contributed by atoms with Crippen molar-refractivity contribution in [2.24, 2.45) is 11.8 Å². The van der Waals surface area contributed by atoms with Crippen molar-refractivity contribution in [3.63, 3.8) is 0 Å². The maximum atomic E-state index is 12.2. The van der Waals surface area contributed by atoms with Gasteiger partial charge in [0.2, 0.25) is 5.91 Å². The molecule has 2 aliphatic heterocycles. The molecule has 0 saturated carbocycles. The molecule has 2 heterocycles. The molecule has 0 radical (unpaired) electrons. The van der Waals surface area contributed by atoms with E-state index in [0.717, 1.165) is 26.2 Å². The lowest BCUT2D eigenvalue weighted by molar-refractivity contribution is -0.146. The van der Waals surface area contributed by atoms with Crippen LogP contribution in [0, 0.1) is 11.8 Å². The third kappa shape index (κ3) is 3.45. The predicted octanol–water partition coefficient (Wildman–Crippen LogP) is -0.841. The van der Waals surface area contributed by atoms with E-state index in [4.69, 9.17) is 4.74 Å². The first kappa shape index (κ1) is 14.3. The fraction of sp³-hybridized carbons (Fsp3) is 0.846. The van der Waals surface area contributed by atoms with Gasteiger partial charge in [0.05, 0.1) is 19.6 Å². The van der Waals surface area contributed by atoms with Crippen LogP contribution in [0.2, 0.25) is 0 Å². The Kier molecular flexibility index (Phi) is 4.76. The van der Waals surface area contributed by atoms with Crippen molar-refractivity contribution in [1.82, 2.24) is 15.1 Å². The number of hydrogen-bond donors (Lipinski definition) is 1. The molecule has 2 rings (SSSR count). The number of nitrogens with zero attached hydrogens (tertiary/aromatic N) is 2. The number of hydrogen-bond acceptors (Lipinski definition) is 5. The molecule has 0 bridgehead atoms. The number of carbonyl (C=O) groups is 2. The van der Waals surface area contributed by atoms with Gasteiger partial charge in [-0.15, -0.1) is 0 Å². The summed E-state index contributed by atoms with van der Waals surface area (Å²) >= 11 is 0. The fourth-order valence-electron chi connectivity index (χ4n) is 2.79. The van der Waals surface area contributed by atoms with Crippen molar-refractivity contribution >= 4 is 11.9 Å². The van der Waals surface area contributed by atoms with Gasteiger partial charge in [-0.3, -0.25) is 14.5 Å². The molecule has 2 unspecified atom stereocenters. The minimum atomic E-state index is -0.204. The number of esters is 1. The van der Waals surface area contributed by atoms with Gasteiger partial charge in [0.1, 0.15) is 0 Å². The molecule has 2 aliphatic rings. The molecular formula is C13H23N3O3. The Labute approximate surface area is 114 Å².